The molecule has 0 amide bonds. The smallest absolute Gasteiger partial charge is 0.339 e. The Labute approximate surface area is 113 Å². The quantitative estimate of drug-likeness (QED) is 0.822. The largest absolute Gasteiger partial charge is 0.478 e. The number of nitrogens with zero attached hydrogens (tertiary/aromatic N) is 1. The fraction of sp³-hybridized carbons (Fsp3) is 0.643. The first kappa shape index (κ1) is 14.1. The Bertz CT molecular complexity index is 428. The van der Waals surface area contributed by atoms with Crippen LogP contribution in [0.4, 0.5) is 0 Å². The van der Waals surface area contributed by atoms with E-state index in [4.69, 9.17) is 9.52 Å². The molecule has 2 N–H and O–H groups in total. The zero-order valence-electron chi connectivity index (χ0n) is 11.6. The summed E-state index contributed by atoms with van der Waals surface area (Å²) in [6.07, 6.45) is 2.63. The molecule has 1 aromatic rings. The predicted octanol–water partition coefficient (Wildman–Crippen LogP) is 1.80. The fourth-order valence-corrected chi connectivity index (χ4v) is 2.56. The minimum absolute atomic E-state index is 0.253. The third-order valence-electron chi connectivity index (χ3n) is 3.74. The van der Waals surface area contributed by atoms with E-state index in [2.05, 4.69) is 24.1 Å². The summed E-state index contributed by atoms with van der Waals surface area (Å²) in [5, 5.41) is 12.3. The normalized spacial score (nSPS) is 20.3. The third-order valence-corrected chi connectivity index (χ3v) is 3.74. The van der Waals surface area contributed by atoms with Gasteiger partial charge in [-0.25, -0.2) is 4.79 Å². The van der Waals surface area contributed by atoms with Crippen molar-refractivity contribution in [3.05, 3.63) is 23.7 Å². The second-order valence-corrected chi connectivity index (χ2v) is 5.44. The maximum Gasteiger partial charge on any atom is 0.339 e. The first-order valence-corrected chi connectivity index (χ1v) is 6.82. The van der Waals surface area contributed by atoms with Gasteiger partial charge in [-0.1, -0.05) is 0 Å². The summed E-state index contributed by atoms with van der Waals surface area (Å²) in [5.41, 5.74) is 0.253. The Morgan fingerprint density at radius 2 is 2.42 bits per heavy atom. The number of nitrogens with one attached hydrogen (secondary N) is 1. The van der Waals surface area contributed by atoms with Gasteiger partial charge in [0.25, 0.3) is 0 Å². The summed E-state index contributed by atoms with van der Waals surface area (Å²) in [4.78, 5) is 13.4. The molecule has 0 bridgehead atoms. The SMILES string of the molecule is CC(C)N1CCC(CNCc2occc2C(=O)O)C1. The molecule has 1 atom stereocenters. The second kappa shape index (κ2) is 6.21. The van der Waals surface area contributed by atoms with Crippen LogP contribution in [0.1, 0.15) is 36.4 Å². The lowest BCUT2D eigenvalue weighted by atomic mass is 10.1. The Morgan fingerprint density at radius 3 is 3.05 bits per heavy atom. The van der Waals surface area contributed by atoms with E-state index < -0.39 is 5.97 Å². The maximum absolute atomic E-state index is 10.9. The average molecular weight is 266 g/mol. The summed E-state index contributed by atoms with van der Waals surface area (Å²) in [6, 6.07) is 2.10. The van der Waals surface area contributed by atoms with E-state index in [-0.39, 0.29) is 5.56 Å². The minimum Gasteiger partial charge on any atom is -0.478 e. The van der Waals surface area contributed by atoms with Crippen LogP contribution in [-0.4, -0.2) is 41.7 Å². The highest BCUT2D eigenvalue weighted by atomic mass is 16.4. The molecule has 5 nitrogen and oxygen atoms in total. The molecular formula is C14H22N2O3. The molecule has 2 heterocycles. The van der Waals surface area contributed by atoms with Crippen LogP contribution >= 0.6 is 0 Å². The second-order valence-electron chi connectivity index (χ2n) is 5.44. The predicted molar refractivity (Wildman–Crippen MR) is 72.2 cm³/mol. The molecule has 0 spiro atoms. The van der Waals surface area contributed by atoms with Gasteiger partial charge in [-0.2, -0.15) is 0 Å². The van der Waals surface area contributed by atoms with Crippen LogP contribution in [0.5, 0.6) is 0 Å². The van der Waals surface area contributed by atoms with Crippen molar-refractivity contribution in [1.82, 2.24) is 10.2 Å². The topological polar surface area (TPSA) is 65.7 Å². The first-order valence-electron chi connectivity index (χ1n) is 6.82. The summed E-state index contributed by atoms with van der Waals surface area (Å²) in [7, 11) is 0. The van der Waals surface area contributed by atoms with Gasteiger partial charge in [-0.3, -0.25) is 0 Å². The standard InChI is InChI=1S/C14H22N2O3/c1-10(2)16-5-3-11(9-16)7-15-8-13-12(14(17)18)4-6-19-13/h4,6,10-11,15H,3,5,7-9H2,1-2H3,(H,17,18). The molecule has 1 aromatic heterocycles. The summed E-state index contributed by atoms with van der Waals surface area (Å²) in [6.45, 7) is 8.10. The lowest BCUT2D eigenvalue weighted by Crippen LogP contribution is -2.30. The molecule has 1 aliphatic rings. The van der Waals surface area contributed by atoms with E-state index in [1.54, 1.807) is 0 Å². The van der Waals surface area contributed by atoms with Crippen molar-refractivity contribution in [3.63, 3.8) is 0 Å². The number of carbonyl (C=O) groups is 1. The molecular weight excluding hydrogens is 244 g/mol. The summed E-state index contributed by atoms with van der Waals surface area (Å²) < 4.78 is 5.20. The Balaban J connectivity index is 1.75. The van der Waals surface area contributed by atoms with Crippen molar-refractivity contribution in [2.45, 2.75) is 32.9 Å². The van der Waals surface area contributed by atoms with Gasteiger partial charge in [0.15, 0.2) is 0 Å². The van der Waals surface area contributed by atoms with Crippen molar-refractivity contribution in [1.29, 1.82) is 0 Å². The van der Waals surface area contributed by atoms with Crippen molar-refractivity contribution < 1.29 is 14.3 Å². The van der Waals surface area contributed by atoms with Crippen molar-refractivity contribution in [3.8, 4) is 0 Å². The van der Waals surface area contributed by atoms with Crippen molar-refractivity contribution in [2.75, 3.05) is 19.6 Å². The van der Waals surface area contributed by atoms with E-state index in [9.17, 15) is 4.79 Å². The summed E-state index contributed by atoms with van der Waals surface area (Å²) in [5.74, 6) is 0.217. The molecule has 0 saturated carbocycles. The number of carboxylic acids is 1. The summed E-state index contributed by atoms with van der Waals surface area (Å²) >= 11 is 0. The zero-order chi connectivity index (χ0) is 13.8. The van der Waals surface area contributed by atoms with Crippen molar-refractivity contribution in [2.24, 2.45) is 5.92 Å². The van der Waals surface area contributed by atoms with Crippen LogP contribution in [-0.2, 0) is 6.54 Å². The maximum atomic E-state index is 10.9. The van der Waals surface area contributed by atoms with Crippen LogP contribution in [0.25, 0.3) is 0 Å². The number of rotatable bonds is 6. The Hall–Kier alpha value is -1.33. The number of carboxylic acid groups (broad SMARTS) is 1. The molecule has 1 aliphatic heterocycles. The molecule has 2 rings (SSSR count). The molecule has 1 saturated heterocycles. The van der Waals surface area contributed by atoms with Gasteiger partial charge < -0.3 is 19.7 Å². The van der Waals surface area contributed by atoms with E-state index in [0.717, 1.165) is 19.6 Å². The Morgan fingerprint density at radius 1 is 1.63 bits per heavy atom. The van der Waals surface area contributed by atoms with Crippen LogP contribution in [0.15, 0.2) is 16.7 Å². The molecule has 106 valence electrons. The minimum atomic E-state index is -0.933. The van der Waals surface area contributed by atoms with Crippen LogP contribution in [0, 0.1) is 5.92 Å². The van der Waals surface area contributed by atoms with Crippen molar-refractivity contribution >= 4 is 5.97 Å². The molecule has 0 aromatic carbocycles. The average Bonchev–Trinajstić information content (AvgIpc) is 2.97. The molecule has 1 fully saturated rings. The third kappa shape index (κ3) is 3.58. The van der Waals surface area contributed by atoms with Crippen LogP contribution in [0.3, 0.4) is 0 Å². The molecule has 5 heteroatoms. The van der Waals surface area contributed by atoms with E-state index in [1.807, 2.05) is 0 Å². The van der Waals surface area contributed by atoms with Gasteiger partial charge in [-0.05, 0) is 45.3 Å². The highest BCUT2D eigenvalue weighted by Crippen LogP contribution is 2.18. The van der Waals surface area contributed by atoms with Gasteiger partial charge in [0.05, 0.1) is 12.8 Å². The highest BCUT2D eigenvalue weighted by Gasteiger charge is 2.23. The number of furan rings is 1. The number of likely N-dealkylation sites (tertiary alicyclic amines) is 1. The zero-order valence-corrected chi connectivity index (χ0v) is 11.6. The lowest BCUT2D eigenvalue weighted by Gasteiger charge is -2.20. The lowest BCUT2D eigenvalue weighted by molar-refractivity contribution is 0.0694. The molecule has 19 heavy (non-hydrogen) atoms. The Kier molecular flexibility index (Phi) is 4.61. The van der Waals surface area contributed by atoms with Gasteiger partial charge in [0, 0.05) is 12.6 Å². The number of hydrogen-bond donors (Lipinski definition) is 2. The molecule has 0 aliphatic carbocycles. The molecule has 1 unspecified atom stereocenters. The monoisotopic (exact) mass is 266 g/mol. The number of aromatic carboxylic acids is 1. The fourth-order valence-electron chi connectivity index (χ4n) is 2.56. The first-order chi connectivity index (χ1) is 9.08. The van der Waals surface area contributed by atoms with Gasteiger partial charge in [0.1, 0.15) is 11.3 Å². The van der Waals surface area contributed by atoms with E-state index >= 15 is 0 Å². The van der Waals surface area contributed by atoms with E-state index in [0.29, 0.717) is 24.3 Å². The van der Waals surface area contributed by atoms with E-state index in [1.165, 1.54) is 18.8 Å². The van der Waals surface area contributed by atoms with Gasteiger partial charge in [0.2, 0.25) is 0 Å². The van der Waals surface area contributed by atoms with Gasteiger partial charge >= 0.3 is 5.97 Å². The van der Waals surface area contributed by atoms with Crippen LogP contribution < -0.4 is 5.32 Å². The van der Waals surface area contributed by atoms with Crippen LogP contribution in [0.2, 0.25) is 0 Å². The molecule has 0 radical (unpaired) electrons. The number of hydrogen-bond acceptors (Lipinski definition) is 4. The van der Waals surface area contributed by atoms with Gasteiger partial charge in [-0.15, -0.1) is 0 Å². The highest BCUT2D eigenvalue weighted by molar-refractivity contribution is 5.88.